The maximum Gasteiger partial charge on any atom is 0.472 e. The van der Waals surface area contributed by atoms with E-state index in [9.17, 15) is 48.2 Å². The van der Waals surface area contributed by atoms with Crippen molar-refractivity contribution in [2.24, 2.45) is 0 Å². The predicted molar refractivity (Wildman–Crippen MR) is 312 cm³/mol. The van der Waals surface area contributed by atoms with E-state index < -0.39 is 89.3 Å². The van der Waals surface area contributed by atoms with Crippen LogP contribution >= 0.6 is 15.6 Å². The van der Waals surface area contributed by atoms with Gasteiger partial charge in [-0.3, -0.25) is 23.4 Å². The lowest BCUT2D eigenvalue weighted by molar-refractivity contribution is -0.268. The molecule has 2 saturated heterocycles. The number of methoxy groups -OCH3 is 3. The first-order chi connectivity index (χ1) is 38.8. The molecule has 0 spiro atoms. The molecule has 11 unspecified atom stereocenters. The van der Waals surface area contributed by atoms with Gasteiger partial charge in [0.2, 0.25) is 11.8 Å². The van der Waals surface area contributed by atoms with E-state index in [1.165, 1.54) is 117 Å². The number of hydrogen-bond donors (Lipinski definition) is 7. The molecule has 2 amide bonds. The largest absolute Gasteiger partial charge is 0.472 e. The first-order valence-corrected chi connectivity index (χ1v) is 33.8. The van der Waals surface area contributed by atoms with Crippen LogP contribution in [0.4, 0.5) is 0 Å². The molecular weight excluding hydrogens is 1090 g/mol. The van der Waals surface area contributed by atoms with Crippen LogP contribution in [0.1, 0.15) is 234 Å². The lowest BCUT2D eigenvalue weighted by Crippen LogP contribution is -2.66. The van der Waals surface area contributed by atoms with Gasteiger partial charge in [-0.2, -0.15) is 0 Å². The summed E-state index contributed by atoms with van der Waals surface area (Å²) in [6.07, 6.45) is 27.7. The molecule has 0 aromatic rings. The molecule has 0 bridgehead atoms. The highest BCUT2D eigenvalue weighted by molar-refractivity contribution is 7.46. The van der Waals surface area contributed by atoms with Crippen LogP contribution in [0.25, 0.3) is 0 Å². The van der Waals surface area contributed by atoms with E-state index in [-0.39, 0.29) is 31.0 Å². The average Bonchev–Trinajstić information content (AvgIpc) is 3.56. The molecule has 0 aromatic heterocycles. The highest BCUT2D eigenvalue weighted by Gasteiger charge is 2.51. The molecule has 11 atom stereocenters. The molecule has 2 rings (SSSR count). The third kappa shape index (κ3) is 37.4. The second kappa shape index (κ2) is 47.4. The number of aliphatic hydroxyl groups is 1. The molecule has 2 aliphatic rings. The number of carbonyl (C=O) groups is 3. The van der Waals surface area contributed by atoms with Crippen LogP contribution in [0, 0.1) is 0 Å². The van der Waals surface area contributed by atoms with E-state index in [1.54, 1.807) is 14.0 Å². The van der Waals surface area contributed by atoms with Gasteiger partial charge < -0.3 is 68.5 Å². The lowest BCUT2D eigenvalue weighted by atomic mass is 9.94. The summed E-state index contributed by atoms with van der Waals surface area (Å²) in [6.45, 7) is 10.1. The number of Topliss-reactive ketones (excluding diaryl/α,β-unsaturated/α-hetero) is 1. The fraction of sp³-hybridized carbons (Fsp3) is 0.914. The van der Waals surface area contributed by atoms with Gasteiger partial charge in [-0.1, -0.05) is 168 Å². The number of amides is 2. The summed E-state index contributed by atoms with van der Waals surface area (Å²) >= 11 is 0. The van der Waals surface area contributed by atoms with Crippen molar-refractivity contribution in [2.45, 2.75) is 301 Å². The van der Waals surface area contributed by atoms with E-state index in [4.69, 9.17) is 42.2 Å². The van der Waals surface area contributed by atoms with Crippen molar-refractivity contribution in [1.82, 2.24) is 10.6 Å². The van der Waals surface area contributed by atoms with Gasteiger partial charge in [-0.05, 0) is 64.7 Å². The van der Waals surface area contributed by atoms with Gasteiger partial charge in [0.25, 0.3) is 0 Å². The van der Waals surface area contributed by atoms with Gasteiger partial charge in [0.15, 0.2) is 12.6 Å². The van der Waals surface area contributed by atoms with Gasteiger partial charge in [0.1, 0.15) is 48.4 Å². The topological polar surface area (TPSA) is 294 Å². The Kier molecular flexibility index (Phi) is 45.2. The molecule has 0 radical (unpaired) electrons. The van der Waals surface area contributed by atoms with Crippen molar-refractivity contribution < 1.29 is 90.4 Å². The van der Waals surface area contributed by atoms with Crippen LogP contribution in [-0.2, 0) is 65.7 Å². The highest BCUT2D eigenvalue weighted by atomic mass is 31.2. The van der Waals surface area contributed by atoms with Crippen LogP contribution in [0.15, 0.2) is 12.2 Å². The number of ketones is 1. The Morgan fingerprint density at radius 1 is 0.556 bits per heavy atom. The number of aliphatic hydroxyl groups excluding tert-OH is 1. The molecular formula is C58H112N2O19P2. The summed E-state index contributed by atoms with van der Waals surface area (Å²) in [6, 6.07) is -2.05. The maximum absolute atomic E-state index is 13.1. The number of rotatable bonds is 48. The summed E-state index contributed by atoms with van der Waals surface area (Å²) in [5.41, 5.74) is 0. The average molecular weight is 1200 g/mol. The number of phosphoric ester groups is 2. The number of allylic oxidation sites excluding steroid dienone is 2. The smallest absolute Gasteiger partial charge is 0.388 e. The summed E-state index contributed by atoms with van der Waals surface area (Å²) in [7, 11) is -5.31. The minimum absolute atomic E-state index is 0.0145. The SMILES string of the molecule is CCCCCC/C=C\CCCCCCCCCC(=O)NC1C(OC)OC(COC)C(OP(=O)(O)O)C1OCCC(CCCCCCC)OC.CCCCCCCCCCOC1C(O)C(CC)OC(OP(=O)(O)O)C1NC(=O)CC(C)=O. The summed E-state index contributed by atoms with van der Waals surface area (Å²) < 4.78 is 73.7. The Morgan fingerprint density at radius 3 is 1.56 bits per heavy atom. The molecule has 7 N–H and O–H groups in total. The van der Waals surface area contributed by atoms with Gasteiger partial charge in [0, 0.05) is 41.0 Å². The van der Waals surface area contributed by atoms with E-state index in [0.717, 1.165) is 77.0 Å². The zero-order valence-corrected chi connectivity index (χ0v) is 52.7. The molecule has 23 heteroatoms. The van der Waals surface area contributed by atoms with Crippen LogP contribution in [0.5, 0.6) is 0 Å². The molecule has 81 heavy (non-hydrogen) atoms. The number of hydrogen-bond acceptors (Lipinski definition) is 15. The van der Waals surface area contributed by atoms with Gasteiger partial charge in [-0.15, -0.1) is 0 Å². The number of nitrogens with one attached hydrogen (secondary N) is 2. The molecule has 0 saturated carbocycles. The van der Waals surface area contributed by atoms with Crippen molar-refractivity contribution in [3.8, 4) is 0 Å². The van der Waals surface area contributed by atoms with Crippen molar-refractivity contribution in [1.29, 1.82) is 0 Å². The number of carbonyl (C=O) groups excluding carboxylic acids is 3. The fourth-order valence-electron chi connectivity index (χ4n) is 10.1. The Morgan fingerprint density at radius 2 is 1.04 bits per heavy atom. The van der Waals surface area contributed by atoms with Crippen LogP contribution in [-0.4, -0.2) is 151 Å². The molecule has 2 fully saturated rings. The Labute approximate surface area is 487 Å². The molecule has 21 nitrogen and oxygen atoms in total. The summed E-state index contributed by atoms with van der Waals surface area (Å²) in [4.78, 5) is 74.7. The second-order valence-electron chi connectivity index (χ2n) is 21.7. The zero-order valence-electron chi connectivity index (χ0n) is 50.9. The quantitative estimate of drug-likeness (QED) is 0.0129. The number of phosphoric acid groups is 2. The monoisotopic (exact) mass is 1200 g/mol. The van der Waals surface area contributed by atoms with E-state index in [0.29, 0.717) is 25.9 Å². The fourth-order valence-corrected chi connectivity index (χ4v) is 11.1. The minimum Gasteiger partial charge on any atom is -0.388 e. The third-order valence-corrected chi connectivity index (χ3v) is 15.5. The minimum atomic E-state index is -4.96. The molecule has 0 aliphatic carbocycles. The van der Waals surface area contributed by atoms with Gasteiger partial charge in [-0.25, -0.2) is 9.13 Å². The third-order valence-electron chi connectivity index (χ3n) is 14.5. The Balaban J connectivity index is 0.000000885. The van der Waals surface area contributed by atoms with E-state index in [2.05, 4.69) is 43.6 Å². The zero-order chi connectivity index (χ0) is 60.3. The lowest BCUT2D eigenvalue weighted by Gasteiger charge is -2.45. The molecule has 2 heterocycles. The molecule has 0 aromatic carbocycles. The number of ether oxygens (including phenoxy) is 7. The van der Waals surface area contributed by atoms with Gasteiger partial charge >= 0.3 is 15.6 Å². The Hall–Kier alpha value is -1.75. The van der Waals surface area contributed by atoms with Gasteiger partial charge in [0.05, 0.1) is 25.2 Å². The van der Waals surface area contributed by atoms with Crippen LogP contribution in [0.3, 0.4) is 0 Å². The van der Waals surface area contributed by atoms with E-state index in [1.807, 2.05) is 0 Å². The first kappa shape index (κ1) is 77.3. The van der Waals surface area contributed by atoms with Crippen molar-refractivity contribution in [3.63, 3.8) is 0 Å². The standard InChI is InChI=1S/C37H72NO10P.C21H40NO9P/c1-6-8-10-12-13-14-15-16-17-18-19-20-21-23-25-27-33(39)38-34-36(46-29-28-31(44-4)26-24-22-11-9-7-2)35(48-49(40,41)42)32(30-43-3)47-37(34)45-5;1-4-6-7-8-9-10-11-12-13-29-20-18(22-17(24)14-15(3)23)21(31-32(26,27)28)30-16(5-2)19(20)25/h14-15,31-32,34-37H,6-13,16-30H2,1-5H3,(H,38,39)(H2,40,41,42);16,18-21,25H,4-14H2,1-3H3,(H,22,24)(H2,26,27,28)/b15-14-;. The summed E-state index contributed by atoms with van der Waals surface area (Å²) in [5, 5.41) is 16.2. The molecule has 2 aliphatic heterocycles. The van der Waals surface area contributed by atoms with Crippen molar-refractivity contribution in [3.05, 3.63) is 12.2 Å². The second-order valence-corrected chi connectivity index (χ2v) is 24.1. The first-order valence-electron chi connectivity index (χ1n) is 30.8. The predicted octanol–water partition coefficient (Wildman–Crippen LogP) is 10.7. The highest BCUT2D eigenvalue weighted by Crippen LogP contribution is 2.43. The molecule has 478 valence electrons. The van der Waals surface area contributed by atoms with Crippen molar-refractivity contribution >= 4 is 33.2 Å². The number of unbranched alkanes of at least 4 members (excludes halogenated alkanes) is 22. The normalized spacial score (nSPS) is 23.7. The summed E-state index contributed by atoms with van der Waals surface area (Å²) in [5.74, 6) is -1.25. The maximum atomic E-state index is 13.1. The van der Waals surface area contributed by atoms with Crippen LogP contribution < -0.4 is 10.6 Å². The van der Waals surface area contributed by atoms with E-state index >= 15 is 0 Å². The Bertz CT molecular complexity index is 1720. The van der Waals surface area contributed by atoms with Crippen molar-refractivity contribution in [2.75, 3.05) is 41.2 Å². The van der Waals surface area contributed by atoms with Crippen LogP contribution in [0.2, 0.25) is 0 Å².